The average molecular weight is 277 g/mol. The van der Waals surface area contributed by atoms with Crippen molar-refractivity contribution < 1.29 is 13.2 Å². The lowest BCUT2D eigenvalue weighted by Gasteiger charge is -2.31. The molecular formula is C11H14F3N3S. The van der Waals surface area contributed by atoms with E-state index in [0.717, 1.165) is 31.9 Å². The normalized spacial score (nSPS) is 16.7. The van der Waals surface area contributed by atoms with Gasteiger partial charge >= 0.3 is 5.51 Å². The van der Waals surface area contributed by atoms with Gasteiger partial charge in [-0.15, -0.1) is 0 Å². The van der Waals surface area contributed by atoms with Crippen LogP contribution in [0.2, 0.25) is 0 Å². The lowest BCUT2D eigenvalue weighted by Crippen LogP contribution is -2.43. The maximum atomic E-state index is 12.2. The number of rotatable bonds is 3. The van der Waals surface area contributed by atoms with Crippen LogP contribution in [0.1, 0.15) is 0 Å². The minimum absolute atomic E-state index is 0.227. The van der Waals surface area contributed by atoms with Gasteiger partial charge < -0.3 is 14.9 Å². The molecule has 1 heterocycles. The summed E-state index contributed by atoms with van der Waals surface area (Å²) in [7, 11) is 0. The monoisotopic (exact) mass is 277 g/mol. The summed E-state index contributed by atoms with van der Waals surface area (Å²) in [6.07, 6.45) is 0. The van der Waals surface area contributed by atoms with Crippen LogP contribution in [0.15, 0.2) is 24.3 Å². The van der Waals surface area contributed by atoms with Gasteiger partial charge in [0.15, 0.2) is 0 Å². The van der Waals surface area contributed by atoms with Gasteiger partial charge in [-0.05, 0) is 12.1 Å². The summed E-state index contributed by atoms with van der Waals surface area (Å²) in [4.78, 5) is 2.08. The molecule has 1 aliphatic heterocycles. The predicted octanol–water partition coefficient (Wildman–Crippen LogP) is 2.68. The highest BCUT2D eigenvalue weighted by Gasteiger charge is 2.29. The minimum atomic E-state index is -4.28. The number of anilines is 2. The van der Waals surface area contributed by atoms with E-state index in [2.05, 4.69) is 14.9 Å². The van der Waals surface area contributed by atoms with Crippen LogP contribution in [0.25, 0.3) is 0 Å². The number of para-hydroxylation sites is 2. The molecule has 0 saturated carbocycles. The van der Waals surface area contributed by atoms with Crippen LogP contribution in [-0.2, 0) is 0 Å². The molecule has 1 saturated heterocycles. The maximum absolute atomic E-state index is 12.2. The van der Waals surface area contributed by atoms with E-state index in [1.54, 1.807) is 12.1 Å². The van der Waals surface area contributed by atoms with Crippen molar-refractivity contribution in [3.8, 4) is 0 Å². The SMILES string of the molecule is FC(F)(F)SNc1ccccc1N1CCNCC1. The summed E-state index contributed by atoms with van der Waals surface area (Å²) in [5.74, 6) is 0. The Morgan fingerprint density at radius 1 is 1.17 bits per heavy atom. The molecule has 0 atom stereocenters. The van der Waals surface area contributed by atoms with E-state index >= 15 is 0 Å². The van der Waals surface area contributed by atoms with E-state index in [0.29, 0.717) is 5.69 Å². The molecule has 0 aliphatic carbocycles. The van der Waals surface area contributed by atoms with Crippen LogP contribution in [-0.4, -0.2) is 31.7 Å². The first-order valence-electron chi connectivity index (χ1n) is 5.62. The summed E-state index contributed by atoms with van der Waals surface area (Å²) in [5, 5.41) is 3.21. The molecule has 1 aromatic rings. The summed E-state index contributed by atoms with van der Waals surface area (Å²) < 4.78 is 39.0. The van der Waals surface area contributed by atoms with Gasteiger partial charge in [0.1, 0.15) is 0 Å². The summed E-state index contributed by atoms with van der Waals surface area (Å²) in [6.45, 7) is 3.30. The van der Waals surface area contributed by atoms with Crippen molar-refractivity contribution in [3.63, 3.8) is 0 Å². The summed E-state index contributed by atoms with van der Waals surface area (Å²) >= 11 is -0.227. The Labute approximate surface area is 108 Å². The molecule has 0 radical (unpaired) electrons. The average Bonchev–Trinajstić information content (AvgIpc) is 2.37. The van der Waals surface area contributed by atoms with E-state index in [1.165, 1.54) is 0 Å². The quantitative estimate of drug-likeness (QED) is 0.831. The molecule has 0 amide bonds. The highest BCUT2D eigenvalue weighted by Crippen LogP contribution is 2.34. The molecule has 0 bridgehead atoms. The van der Waals surface area contributed by atoms with Crippen molar-refractivity contribution in [1.82, 2.24) is 5.32 Å². The molecule has 100 valence electrons. The molecule has 2 rings (SSSR count). The Hall–Kier alpha value is -1.08. The Kier molecular flexibility index (Phi) is 4.23. The van der Waals surface area contributed by atoms with Gasteiger partial charge in [0.05, 0.1) is 23.3 Å². The lowest BCUT2D eigenvalue weighted by molar-refractivity contribution is -0.0323. The van der Waals surface area contributed by atoms with Gasteiger partial charge in [-0.2, -0.15) is 13.2 Å². The Balaban J connectivity index is 2.09. The van der Waals surface area contributed by atoms with Gasteiger partial charge in [-0.25, -0.2) is 0 Å². The first kappa shape index (κ1) is 13.4. The molecule has 18 heavy (non-hydrogen) atoms. The van der Waals surface area contributed by atoms with E-state index < -0.39 is 5.51 Å². The lowest BCUT2D eigenvalue weighted by atomic mass is 10.2. The number of halogens is 3. The highest BCUT2D eigenvalue weighted by atomic mass is 32.2. The zero-order chi connectivity index (χ0) is 13.0. The van der Waals surface area contributed by atoms with Crippen molar-refractivity contribution in [1.29, 1.82) is 0 Å². The first-order chi connectivity index (χ1) is 8.56. The number of nitrogens with zero attached hydrogens (tertiary/aromatic N) is 1. The summed E-state index contributed by atoms with van der Waals surface area (Å²) in [6, 6.07) is 7.06. The smallest absolute Gasteiger partial charge is 0.367 e. The number of hydrogen-bond acceptors (Lipinski definition) is 4. The third-order valence-corrected chi connectivity index (χ3v) is 3.19. The zero-order valence-corrected chi connectivity index (χ0v) is 10.4. The molecule has 2 N–H and O–H groups in total. The highest BCUT2D eigenvalue weighted by molar-refractivity contribution is 8.01. The fourth-order valence-electron chi connectivity index (χ4n) is 1.85. The zero-order valence-electron chi connectivity index (χ0n) is 9.63. The van der Waals surface area contributed by atoms with Gasteiger partial charge in [-0.3, -0.25) is 0 Å². The second kappa shape index (κ2) is 5.71. The minimum Gasteiger partial charge on any atom is -0.367 e. The fourth-order valence-corrected chi connectivity index (χ4v) is 2.25. The largest absolute Gasteiger partial charge is 0.461 e. The molecule has 1 aromatic carbocycles. The van der Waals surface area contributed by atoms with Crippen LogP contribution in [0.3, 0.4) is 0 Å². The maximum Gasteiger partial charge on any atom is 0.461 e. The van der Waals surface area contributed by atoms with E-state index in [9.17, 15) is 13.2 Å². The number of piperazine rings is 1. The van der Waals surface area contributed by atoms with Gasteiger partial charge in [0.25, 0.3) is 0 Å². The topological polar surface area (TPSA) is 27.3 Å². The number of alkyl halides is 3. The third-order valence-electron chi connectivity index (χ3n) is 2.64. The number of hydrogen-bond donors (Lipinski definition) is 2. The molecule has 1 fully saturated rings. The van der Waals surface area contributed by atoms with E-state index in [4.69, 9.17) is 0 Å². The molecule has 0 spiro atoms. The third kappa shape index (κ3) is 3.71. The summed E-state index contributed by atoms with van der Waals surface area (Å²) in [5.41, 5.74) is -2.96. The van der Waals surface area contributed by atoms with Crippen LogP contribution in [0.4, 0.5) is 24.5 Å². The van der Waals surface area contributed by atoms with Gasteiger partial charge in [0.2, 0.25) is 0 Å². The fraction of sp³-hybridized carbons (Fsp3) is 0.455. The van der Waals surface area contributed by atoms with Gasteiger partial charge in [0, 0.05) is 26.2 Å². The number of benzene rings is 1. The Morgan fingerprint density at radius 2 is 1.83 bits per heavy atom. The number of nitrogens with one attached hydrogen (secondary N) is 2. The van der Waals surface area contributed by atoms with Crippen molar-refractivity contribution >= 4 is 23.3 Å². The van der Waals surface area contributed by atoms with Gasteiger partial charge in [-0.1, -0.05) is 12.1 Å². The molecule has 7 heteroatoms. The van der Waals surface area contributed by atoms with Crippen molar-refractivity contribution in [2.24, 2.45) is 0 Å². The van der Waals surface area contributed by atoms with E-state index in [-0.39, 0.29) is 11.9 Å². The van der Waals surface area contributed by atoms with Crippen molar-refractivity contribution in [3.05, 3.63) is 24.3 Å². The Bertz CT molecular complexity index is 391. The standard InChI is InChI=1S/C11H14F3N3S/c12-11(13,14)18-16-9-3-1-2-4-10(9)17-7-5-15-6-8-17/h1-4,15-16H,5-8H2. The van der Waals surface area contributed by atoms with Crippen molar-refractivity contribution in [2.45, 2.75) is 5.51 Å². The second-order valence-corrected chi connectivity index (χ2v) is 4.78. The molecule has 0 aromatic heterocycles. The van der Waals surface area contributed by atoms with Crippen molar-refractivity contribution in [2.75, 3.05) is 35.8 Å². The van der Waals surface area contributed by atoms with Crippen LogP contribution >= 0.6 is 11.9 Å². The van der Waals surface area contributed by atoms with Crippen LogP contribution in [0.5, 0.6) is 0 Å². The second-order valence-electron chi connectivity index (χ2n) is 3.90. The first-order valence-corrected chi connectivity index (χ1v) is 6.43. The molecular weight excluding hydrogens is 263 g/mol. The predicted molar refractivity (Wildman–Crippen MR) is 68.8 cm³/mol. The van der Waals surface area contributed by atoms with Crippen LogP contribution < -0.4 is 14.9 Å². The molecule has 3 nitrogen and oxygen atoms in total. The Morgan fingerprint density at radius 3 is 2.50 bits per heavy atom. The van der Waals surface area contributed by atoms with Crippen LogP contribution in [0, 0.1) is 0 Å². The molecule has 0 unspecified atom stereocenters. The molecule has 1 aliphatic rings. The van der Waals surface area contributed by atoms with E-state index in [1.807, 2.05) is 12.1 Å².